The Labute approximate surface area is 112 Å². The second-order valence-electron chi connectivity index (χ2n) is 3.72. The van der Waals surface area contributed by atoms with E-state index >= 15 is 0 Å². The zero-order valence-electron chi connectivity index (χ0n) is 9.45. The first-order chi connectivity index (χ1) is 8.99. The fraction of sp³-hybridized carbons (Fsp3) is 0. The van der Waals surface area contributed by atoms with E-state index in [1.165, 1.54) is 18.2 Å². The van der Waals surface area contributed by atoms with Gasteiger partial charge in [0.25, 0.3) is 5.91 Å². The molecule has 0 unspecified atom stereocenters. The summed E-state index contributed by atoms with van der Waals surface area (Å²) in [6.45, 7) is 0. The van der Waals surface area contributed by atoms with Gasteiger partial charge >= 0.3 is 0 Å². The number of halogens is 3. The topological polar surface area (TPSA) is 49.3 Å². The van der Waals surface area contributed by atoms with E-state index in [0.717, 1.165) is 18.2 Å². The van der Waals surface area contributed by atoms with Gasteiger partial charge in [0, 0.05) is 6.07 Å². The molecular formula is C13H8ClF2NO2. The summed E-state index contributed by atoms with van der Waals surface area (Å²) in [5, 5.41) is 11.2. The Morgan fingerprint density at radius 2 is 1.84 bits per heavy atom. The summed E-state index contributed by atoms with van der Waals surface area (Å²) in [5.74, 6) is -2.83. The molecular weight excluding hydrogens is 276 g/mol. The molecule has 0 aliphatic heterocycles. The van der Waals surface area contributed by atoms with Gasteiger partial charge < -0.3 is 10.4 Å². The van der Waals surface area contributed by atoms with E-state index in [1.54, 1.807) is 0 Å². The maximum absolute atomic E-state index is 13.5. The Kier molecular flexibility index (Phi) is 3.66. The van der Waals surface area contributed by atoms with Crippen molar-refractivity contribution in [3.05, 3.63) is 58.6 Å². The van der Waals surface area contributed by atoms with Crippen LogP contribution in [0.5, 0.6) is 5.75 Å². The fourth-order valence-corrected chi connectivity index (χ4v) is 1.63. The van der Waals surface area contributed by atoms with Crippen LogP contribution in [0.3, 0.4) is 0 Å². The van der Waals surface area contributed by atoms with Gasteiger partial charge in [0.2, 0.25) is 0 Å². The molecule has 2 aromatic rings. The quantitative estimate of drug-likeness (QED) is 0.828. The normalized spacial score (nSPS) is 10.3. The van der Waals surface area contributed by atoms with Crippen molar-refractivity contribution >= 4 is 23.2 Å². The molecule has 0 saturated carbocycles. The number of anilines is 1. The van der Waals surface area contributed by atoms with Crippen LogP contribution in [0.15, 0.2) is 36.4 Å². The molecule has 0 radical (unpaired) electrons. The first kappa shape index (κ1) is 13.3. The van der Waals surface area contributed by atoms with E-state index in [1.807, 2.05) is 0 Å². The van der Waals surface area contributed by atoms with E-state index in [4.69, 9.17) is 11.6 Å². The van der Waals surface area contributed by atoms with Crippen LogP contribution in [0.25, 0.3) is 0 Å². The van der Waals surface area contributed by atoms with Gasteiger partial charge in [0.15, 0.2) is 5.82 Å². The first-order valence-electron chi connectivity index (χ1n) is 5.23. The van der Waals surface area contributed by atoms with Gasteiger partial charge in [0.05, 0.1) is 16.3 Å². The average molecular weight is 284 g/mol. The van der Waals surface area contributed by atoms with Crippen LogP contribution in [0, 0.1) is 11.6 Å². The molecule has 0 saturated heterocycles. The van der Waals surface area contributed by atoms with Crippen LogP contribution in [-0.2, 0) is 0 Å². The van der Waals surface area contributed by atoms with Gasteiger partial charge in [-0.1, -0.05) is 23.7 Å². The van der Waals surface area contributed by atoms with Crippen LogP contribution >= 0.6 is 11.6 Å². The van der Waals surface area contributed by atoms with E-state index < -0.39 is 23.3 Å². The van der Waals surface area contributed by atoms with Crippen molar-refractivity contribution in [2.75, 3.05) is 5.32 Å². The predicted octanol–water partition coefficient (Wildman–Crippen LogP) is 3.58. The third kappa shape index (κ3) is 2.82. The van der Waals surface area contributed by atoms with E-state index in [0.29, 0.717) is 0 Å². The highest BCUT2D eigenvalue weighted by molar-refractivity contribution is 6.32. The smallest absolute Gasteiger partial charge is 0.258 e. The van der Waals surface area contributed by atoms with Crippen molar-refractivity contribution < 1.29 is 18.7 Å². The summed E-state index contributed by atoms with van der Waals surface area (Å²) in [5.41, 5.74) is -0.456. The number of nitrogens with one attached hydrogen (secondary N) is 1. The second-order valence-corrected chi connectivity index (χ2v) is 4.12. The molecule has 6 heteroatoms. The van der Waals surface area contributed by atoms with E-state index in [9.17, 15) is 18.7 Å². The molecule has 1 amide bonds. The van der Waals surface area contributed by atoms with Crippen LogP contribution in [-0.4, -0.2) is 11.0 Å². The minimum absolute atomic E-state index is 0.120. The molecule has 0 aliphatic carbocycles. The molecule has 0 spiro atoms. The molecule has 98 valence electrons. The largest absolute Gasteiger partial charge is 0.506 e. The molecule has 0 aromatic heterocycles. The van der Waals surface area contributed by atoms with Gasteiger partial charge in [-0.15, -0.1) is 0 Å². The number of phenolic OH excluding ortho intramolecular Hbond substituents is 1. The molecule has 2 N–H and O–H groups in total. The van der Waals surface area contributed by atoms with Gasteiger partial charge in [-0.2, -0.15) is 0 Å². The van der Waals surface area contributed by atoms with E-state index in [2.05, 4.69) is 5.32 Å². The molecule has 2 rings (SSSR count). The first-order valence-corrected chi connectivity index (χ1v) is 5.60. The Hall–Kier alpha value is -2.14. The molecule has 0 heterocycles. The van der Waals surface area contributed by atoms with Crippen LogP contribution in [0.4, 0.5) is 14.5 Å². The molecule has 3 nitrogen and oxygen atoms in total. The Bertz CT molecular complexity index is 647. The Balaban J connectivity index is 2.30. The lowest BCUT2D eigenvalue weighted by atomic mass is 10.2. The number of hydrogen-bond donors (Lipinski definition) is 2. The van der Waals surface area contributed by atoms with Crippen molar-refractivity contribution in [1.82, 2.24) is 0 Å². The van der Waals surface area contributed by atoms with Gasteiger partial charge in [-0.05, 0) is 18.2 Å². The van der Waals surface area contributed by atoms with Crippen molar-refractivity contribution in [3.63, 3.8) is 0 Å². The van der Waals surface area contributed by atoms with Crippen LogP contribution < -0.4 is 5.32 Å². The van der Waals surface area contributed by atoms with Gasteiger partial charge in [0.1, 0.15) is 11.6 Å². The summed E-state index contributed by atoms with van der Waals surface area (Å²) in [6, 6.07) is 7.12. The SMILES string of the molecule is O=C(Nc1cc(Cl)c(O)cc1F)c1ccccc1F. The van der Waals surface area contributed by atoms with Crippen molar-refractivity contribution in [3.8, 4) is 5.75 Å². The number of rotatable bonds is 2. The molecule has 0 bridgehead atoms. The molecule has 19 heavy (non-hydrogen) atoms. The maximum Gasteiger partial charge on any atom is 0.258 e. The summed E-state index contributed by atoms with van der Waals surface area (Å²) in [6.07, 6.45) is 0. The van der Waals surface area contributed by atoms with Crippen LogP contribution in [0.1, 0.15) is 10.4 Å². The lowest BCUT2D eigenvalue weighted by Gasteiger charge is -2.08. The van der Waals surface area contributed by atoms with Crippen molar-refractivity contribution in [2.24, 2.45) is 0 Å². The lowest BCUT2D eigenvalue weighted by molar-refractivity contribution is 0.102. The standard InChI is InChI=1S/C13H8ClF2NO2/c14-8-5-11(10(16)6-12(8)18)17-13(19)7-3-1-2-4-9(7)15/h1-6,18H,(H,17,19). The maximum atomic E-state index is 13.5. The third-order valence-corrected chi connectivity index (χ3v) is 2.71. The summed E-state index contributed by atoms with van der Waals surface area (Å²) in [4.78, 5) is 11.8. The van der Waals surface area contributed by atoms with Crippen molar-refractivity contribution in [2.45, 2.75) is 0 Å². The number of phenols is 1. The average Bonchev–Trinajstić information content (AvgIpc) is 2.36. The highest BCUT2D eigenvalue weighted by atomic mass is 35.5. The summed E-state index contributed by atoms with van der Waals surface area (Å²) >= 11 is 5.60. The van der Waals surface area contributed by atoms with Crippen LogP contribution in [0.2, 0.25) is 5.02 Å². The fourth-order valence-electron chi connectivity index (χ4n) is 1.47. The monoisotopic (exact) mass is 283 g/mol. The predicted molar refractivity (Wildman–Crippen MR) is 67.4 cm³/mol. The number of amides is 1. The third-order valence-electron chi connectivity index (χ3n) is 2.40. The molecule has 0 atom stereocenters. The van der Waals surface area contributed by atoms with Gasteiger partial charge in [-0.25, -0.2) is 8.78 Å². The van der Waals surface area contributed by atoms with E-state index in [-0.39, 0.29) is 16.3 Å². The van der Waals surface area contributed by atoms with Crippen molar-refractivity contribution in [1.29, 1.82) is 0 Å². The summed E-state index contributed by atoms with van der Waals surface area (Å²) in [7, 11) is 0. The zero-order valence-corrected chi connectivity index (χ0v) is 10.2. The minimum Gasteiger partial charge on any atom is -0.506 e. The number of benzene rings is 2. The Morgan fingerprint density at radius 3 is 2.53 bits per heavy atom. The minimum atomic E-state index is -0.869. The second kappa shape index (κ2) is 5.24. The molecule has 2 aromatic carbocycles. The lowest BCUT2D eigenvalue weighted by Crippen LogP contribution is -2.14. The van der Waals surface area contributed by atoms with Gasteiger partial charge in [-0.3, -0.25) is 4.79 Å². The molecule has 0 aliphatic rings. The highest BCUT2D eigenvalue weighted by Crippen LogP contribution is 2.29. The Morgan fingerprint density at radius 1 is 1.16 bits per heavy atom. The number of hydrogen-bond acceptors (Lipinski definition) is 2. The molecule has 0 fully saturated rings. The zero-order chi connectivity index (χ0) is 14.0. The highest BCUT2D eigenvalue weighted by Gasteiger charge is 2.14. The number of carbonyl (C=O) groups is 1. The summed E-state index contributed by atoms with van der Waals surface area (Å²) < 4.78 is 26.8. The number of aromatic hydroxyl groups is 1. The number of carbonyl (C=O) groups excluding carboxylic acids is 1.